The van der Waals surface area contributed by atoms with E-state index in [2.05, 4.69) is 0 Å². The number of rotatable bonds is 5. The molecular formula is C26H18O8. The van der Waals surface area contributed by atoms with Crippen molar-refractivity contribution in [3.8, 4) is 22.6 Å². The van der Waals surface area contributed by atoms with Crippen LogP contribution in [0, 0.1) is 0 Å². The normalized spacial score (nSPS) is 14.7. The zero-order valence-electron chi connectivity index (χ0n) is 18.7. The molecule has 2 aromatic carbocycles. The minimum Gasteiger partial charge on any atom is -0.495 e. The molecule has 4 rings (SSSR count). The van der Waals surface area contributed by atoms with Gasteiger partial charge in [0.15, 0.2) is 23.1 Å². The Labute approximate surface area is 193 Å². The molecule has 2 aliphatic carbocycles. The number of hydrogen-bond donors (Lipinski definition) is 0. The van der Waals surface area contributed by atoms with Gasteiger partial charge in [-0.05, 0) is 38.1 Å². The van der Waals surface area contributed by atoms with E-state index in [9.17, 15) is 28.8 Å². The lowest BCUT2D eigenvalue weighted by Crippen LogP contribution is -2.23. The number of methoxy groups -OCH3 is 2. The summed E-state index contributed by atoms with van der Waals surface area (Å²) in [5.74, 6) is -3.45. The van der Waals surface area contributed by atoms with Crippen molar-refractivity contribution in [3.05, 3.63) is 69.8 Å². The van der Waals surface area contributed by atoms with Crippen molar-refractivity contribution in [2.75, 3.05) is 14.2 Å². The van der Waals surface area contributed by atoms with Gasteiger partial charge in [-0.1, -0.05) is 0 Å². The summed E-state index contributed by atoms with van der Waals surface area (Å²) in [6.45, 7) is 2.38. The van der Waals surface area contributed by atoms with Gasteiger partial charge in [-0.25, -0.2) is 0 Å². The number of hydrogen-bond acceptors (Lipinski definition) is 8. The first-order valence-electron chi connectivity index (χ1n) is 10.2. The zero-order valence-corrected chi connectivity index (χ0v) is 18.7. The molecule has 0 atom stereocenters. The maximum Gasteiger partial charge on any atom is 0.201 e. The molecular weight excluding hydrogens is 440 g/mol. The summed E-state index contributed by atoms with van der Waals surface area (Å²) >= 11 is 0. The first kappa shape index (κ1) is 22.7. The van der Waals surface area contributed by atoms with Crippen molar-refractivity contribution in [1.29, 1.82) is 0 Å². The number of carbonyl (C=O) groups excluding carboxylic acids is 6. The van der Waals surface area contributed by atoms with Crippen LogP contribution >= 0.6 is 0 Å². The lowest BCUT2D eigenvalue weighted by Gasteiger charge is -2.23. The average molecular weight is 458 g/mol. The van der Waals surface area contributed by atoms with E-state index < -0.39 is 34.7 Å². The van der Waals surface area contributed by atoms with Crippen LogP contribution in [0.1, 0.15) is 55.3 Å². The number of fused-ring (bicyclic) bond motifs is 2. The average Bonchev–Trinajstić information content (AvgIpc) is 2.81. The van der Waals surface area contributed by atoms with Crippen LogP contribution in [0.3, 0.4) is 0 Å². The minimum absolute atomic E-state index is 0.0119. The molecule has 0 bridgehead atoms. The Kier molecular flexibility index (Phi) is 5.45. The summed E-state index contributed by atoms with van der Waals surface area (Å²) in [5.41, 5.74) is 0.0522. The second-order valence-corrected chi connectivity index (χ2v) is 7.75. The Morgan fingerprint density at radius 3 is 1.21 bits per heavy atom. The highest BCUT2D eigenvalue weighted by Crippen LogP contribution is 2.45. The molecule has 0 saturated carbocycles. The molecule has 2 aliphatic rings. The van der Waals surface area contributed by atoms with Gasteiger partial charge < -0.3 is 9.47 Å². The molecule has 0 spiro atoms. The van der Waals surface area contributed by atoms with Crippen LogP contribution in [-0.2, 0) is 9.59 Å². The van der Waals surface area contributed by atoms with Crippen LogP contribution in [0.25, 0.3) is 11.1 Å². The largest absolute Gasteiger partial charge is 0.495 e. The quantitative estimate of drug-likeness (QED) is 0.627. The Bertz CT molecular complexity index is 1330. The first-order valence-corrected chi connectivity index (χ1v) is 10.2. The van der Waals surface area contributed by atoms with Gasteiger partial charge in [-0.15, -0.1) is 0 Å². The van der Waals surface area contributed by atoms with Crippen LogP contribution in [0.4, 0.5) is 0 Å². The number of carbonyl (C=O) groups is 6. The predicted octanol–water partition coefficient (Wildman–Crippen LogP) is 3.16. The number of ether oxygens (including phenoxy) is 2. The topological polar surface area (TPSA) is 121 Å². The third kappa shape index (κ3) is 3.23. The summed E-state index contributed by atoms with van der Waals surface area (Å²) in [4.78, 5) is 75.1. The van der Waals surface area contributed by atoms with E-state index in [1.807, 2.05) is 0 Å². The molecule has 0 aromatic heterocycles. The van der Waals surface area contributed by atoms with Crippen LogP contribution in [-0.4, -0.2) is 48.9 Å². The summed E-state index contributed by atoms with van der Waals surface area (Å²) in [6.07, 6.45) is 2.01. The second kappa shape index (κ2) is 8.15. The molecule has 170 valence electrons. The van der Waals surface area contributed by atoms with Gasteiger partial charge in [0, 0.05) is 34.4 Å². The van der Waals surface area contributed by atoms with Crippen LogP contribution in [0.15, 0.2) is 47.6 Å². The monoisotopic (exact) mass is 458 g/mol. The fourth-order valence-electron chi connectivity index (χ4n) is 4.22. The smallest absolute Gasteiger partial charge is 0.201 e. The van der Waals surface area contributed by atoms with Gasteiger partial charge in [0.05, 0.1) is 36.5 Å². The van der Waals surface area contributed by atoms with Crippen molar-refractivity contribution >= 4 is 34.7 Å². The molecule has 0 aliphatic heterocycles. The molecule has 0 fully saturated rings. The van der Waals surface area contributed by atoms with Crippen molar-refractivity contribution in [3.63, 3.8) is 0 Å². The fraction of sp³-hybridized carbons (Fsp3) is 0.154. The van der Waals surface area contributed by atoms with Crippen molar-refractivity contribution in [2.45, 2.75) is 13.8 Å². The van der Waals surface area contributed by atoms with E-state index in [0.717, 1.165) is 12.2 Å². The van der Waals surface area contributed by atoms with Gasteiger partial charge in [0.25, 0.3) is 0 Å². The van der Waals surface area contributed by atoms with Crippen molar-refractivity contribution < 1.29 is 38.2 Å². The molecule has 0 amide bonds. The van der Waals surface area contributed by atoms with Gasteiger partial charge in [0.1, 0.15) is 11.5 Å². The third-order valence-electron chi connectivity index (χ3n) is 5.80. The summed E-state index contributed by atoms with van der Waals surface area (Å²) in [6, 6.07) is 5.90. The lowest BCUT2D eigenvalue weighted by atomic mass is 9.82. The van der Waals surface area contributed by atoms with E-state index >= 15 is 0 Å². The Morgan fingerprint density at radius 1 is 0.588 bits per heavy atom. The molecule has 8 heteroatoms. The molecule has 34 heavy (non-hydrogen) atoms. The standard InChI is InChI=1S/C26H18O8/c1-11(27)17-9-19(29)15-7-5-13(25(33-3)21(15)23(17)31)14-6-8-16-20(30)10-18(12(2)28)24(32)22(16)26(14)34-4/h5-10H,1-4H3. The highest BCUT2D eigenvalue weighted by atomic mass is 16.5. The highest BCUT2D eigenvalue weighted by molar-refractivity contribution is 6.37. The number of Topliss-reactive ketones (excluding diaryl/α,β-unsaturated/α-hetero) is 4. The summed E-state index contributed by atoms with van der Waals surface area (Å²) in [7, 11) is 2.61. The maximum atomic E-state index is 13.1. The minimum atomic E-state index is -0.661. The van der Waals surface area contributed by atoms with Crippen LogP contribution in [0.2, 0.25) is 0 Å². The Balaban J connectivity index is 2.01. The molecule has 2 aromatic rings. The van der Waals surface area contributed by atoms with Gasteiger partial charge >= 0.3 is 0 Å². The van der Waals surface area contributed by atoms with Crippen LogP contribution < -0.4 is 9.47 Å². The van der Waals surface area contributed by atoms with Gasteiger partial charge in [-0.2, -0.15) is 0 Å². The Morgan fingerprint density at radius 2 is 0.912 bits per heavy atom. The molecule has 0 unspecified atom stereocenters. The van der Waals surface area contributed by atoms with Gasteiger partial charge in [0.2, 0.25) is 11.6 Å². The van der Waals surface area contributed by atoms with Gasteiger partial charge in [-0.3, -0.25) is 28.8 Å². The van der Waals surface area contributed by atoms with E-state index in [4.69, 9.17) is 9.47 Å². The lowest BCUT2D eigenvalue weighted by molar-refractivity contribution is -0.114. The fourth-order valence-corrected chi connectivity index (χ4v) is 4.22. The predicted molar refractivity (Wildman–Crippen MR) is 120 cm³/mol. The van der Waals surface area contributed by atoms with E-state index in [-0.39, 0.29) is 44.9 Å². The second-order valence-electron chi connectivity index (χ2n) is 7.75. The molecule has 0 radical (unpaired) electrons. The summed E-state index contributed by atoms with van der Waals surface area (Å²) < 4.78 is 11.0. The molecule has 8 nitrogen and oxygen atoms in total. The Hall–Kier alpha value is -4.46. The molecule has 0 heterocycles. The van der Waals surface area contributed by atoms with Crippen molar-refractivity contribution in [2.24, 2.45) is 0 Å². The third-order valence-corrected chi connectivity index (χ3v) is 5.80. The maximum absolute atomic E-state index is 13.1. The van der Waals surface area contributed by atoms with Crippen molar-refractivity contribution in [1.82, 2.24) is 0 Å². The van der Waals surface area contributed by atoms with E-state index in [1.165, 1.54) is 52.3 Å². The highest BCUT2D eigenvalue weighted by Gasteiger charge is 2.35. The number of benzene rings is 2. The van der Waals surface area contributed by atoms with E-state index in [1.54, 1.807) is 0 Å². The number of ketones is 6. The van der Waals surface area contributed by atoms with Crippen LogP contribution in [0.5, 0.6) is 11.5 Å². The SMILES string of the molecule is COc1c(-c2ccc3c(c2OC)C(=O)C(C(C)=O)=CC3=O)ccc2c1C(=O)C(C(C)=O)=CC2=O. The first-order chi connectivity index (χ1) is 16.1. The summed E-state index contributed by atoms with van der Waals surface area (Å²) in [5, 5.41) is 0. The zero-order chi connectivity index (χ0) is 24.9. The molecule has 0 saturated heterocycles. The molecule has 0 N–H and O–H groups in total. The van der Waals surface area contributed by atoms with E-state index in [0.29, 0.717) is 11.1 Å². The number of allylic oxidation sites excluding steroid dienone is 4.